The Labute approximate surface area is 169 Å². The molecule has 1 N–H and O–H groups in total. The highest BCUT2D eigenvalue weighted by Crippen LogP contribution is 2.25. The van der Waals surface area contributed by atoms with E-state index in [4.69, 9.17) is 0 Å². The number of aromatic nitrogens is 4. The van der Waals surface area contributed by atoms with Crippen molar-refractivity contribution in [1.29, 1.82) is 0 Å². The van der Waals surface area contributed by atoms with E-state index in [9.17, 15) is 30.4 Å². The van der Waals surface area contributed by atoms with Gasteiger partial charge in [-0.05, 0) is 12.1 Å². The van der Waals surface area contributed by atoms with Gasteiger partial charge >= 0.3 is 0 Å². The van der Waals surface area contributed by atoms with Crippen LogP contribution < -0.4 is 4.72 Å². The first-order valence-corrected chi connectivity index (χ1v) is 10.2. The monoisotopic (exact) mass is 461 g/mol. The van der Waals surface area contributed by atoms with E-state index in [0.717, 1.165) is 28.7 Å². The smallest absolute Gasteiger partial charge is 0.265 e. The molecule has 0 fully saturated rings. The summed E-state index contributed by atoms with van der Waals surface area (Å²) in [6.45, 7) is -0.820. The zero-order chi connectivity index (χ0) is 21.6. The summed E-state index contributed by atoms with van der Waals surface area (Å²) in [7, 11) is -4.14. The molecule has 0 radical (unpaired) electrons. The van der Waals surface area contributed by atoms with Gasteiger partial charge in [0, 0.05) is 12.3 Å². The van der Waals surface area contributed by atoms with Crippen molar-refractivity contribution in [2.75, 3.05) is 4.72 Å². The third-order valence-corrected chi connectivity index (χ3v) is 5.97. The maximum atomic E-state index is 13.8. The summed E-state index contributed by atoms with van der Waals surface area (Å²) in [6.07, 6.45) is 1.11. The van der Waals surface area contributed by atoms with Crippen LogP contribution in [0.3, 0.4) is 0 Å². The van der Waals surface area contributed by atoms with Crippen molar-refractivity contribution in [2.45, 2.75) is 11.4 Å². The van der Waals surface area contributed by atoms with Crippen LogP contribution in [-0.2, 0) is 16.6 Å². The molecule has 2 heterocycles. The molecule has 0 saturated heterocycles. The number of nitrogens with one attached hydrogen (secondary N) is 1. The van der Waals surface area contributed by atoms with Gasteiger partial charge in [0.1, 0.15) is 15.9 Å². The number of fused-ring (bicyclic) bond motifs is 1. The molecule has 2 aromatic heterocycles. The highest BCUT2D eigenvalue weighted by molar-refractivity contribution is 7.93. The van der Waals surface area contributed by atoms with Gasteiger partial charge in [-0.1, -0.05) is 6.07 Å². The van der Waals surface area contributed by atoms with Crippen LogP contribution in [0.15, 0.2) is 35.4 Å². The highest BCUT2D eigenvalue weighted by Gasteiger charge is 2.26. The van der Waals surface area contributed by atoms with Gasteiger partial charge in [-0.3, -0.25) is 9.40 Å². The van der Waals surface area contributed by atoms with Crippen molar-refractivity contribution in [2.24, 2.45) is 0 Å². The molecule has 7 nitrogen and oxygen atoms in total. The number of sulfonamides is 1. The van der Waals surface area contributed by atoms with Crippen LogP contribution in [-0.4, -0.2) is 26.9 Å². The number of halogens is 5. The fourth-order valence-electron chi connectivity index (χ4n) is 2.65. The Hall–Kier alpha value is -3.13. The average Bonchev–Trinajstić information content (AvgIpc) is 3.36. The molecule has 0 saturated carbocycles. The van der Waals surface area contributed by atoms with E-state index >= 15 is 0 Å². The molecule has 0 atom stereocenters. The van der Waals surface area contributed by atoms with Crippen LogP contribution in [0.4, 0.5) is 27.8 Å². The molecule has 2 aromatic carbocycles. The second kappa shape index (κ2) is 7.28. The lowest BCUT2D eigenvalue weighted by atomic mass is 10.1. The van der Waals surface area contributed by atoms with Crippen molar-refractivity contribution in [1.82, 2.24) is 18.5 Å². The Bertz CT molecular complexity index is 1360. The predicted octanol–water partition coefficient (Wildman–Crippen LogP) is 3.43. The molecule has 0 aliphatic carbocycles. The van der Waals surface area contributed by atoms with E-state index in [1.165, 1.54) is 12.1 Å². The third kappa shape index (κ3) is 3.37. The molecule has 0 amide bonds. The van der Waals surface area contributed by atoms with Gasteiger partial charge in [0.25, 0.3) is 10.0 Å². The quantitative estimate of drug-likeness (QED) is 0.280. The van der Waals surface area contributed by atoms with Gasteiger partial charge < -0.3 is 0 Å². The molecule has 0 unspecified atom stereocenters. The van der Waals surface area contributed by atoms with Gasteiger partial charge in [0.15, 0.2) is 29.1 Å². The summed E-state index contributed by atoms with van der Waals surface area (Å²) in [5, 5.41) is 3.77. The van der Waals surface area contributed by atoms with E-state index in [1.54, 1.807) is 6.07 Å². The molecular formula is C16H8F5N5O2S2. The van der Waals surface area contributed by atoms with Crippen molar-refractivity contribution in [3.8, 4) is 0 Å². The van der Waals surface area contributed by atoms with Crippen molar-refractivity contribution in [3.63, 3.8) is 0 Å². The van der Waals surface area contributed by atoms with Gasteiger partial charge in [0.2, 0.25) is 5.82 Å². The van der Waals surface area contributed by atoms with Gasteiger partial charge in [0.05, 0.1) is 23.8 Å². The van der Waals surface area contributed by atoms with Crippen LogP contribution in [0.5, 0.6) is 0 Å². The van der Waals surface area contributed by atoms with E-state index in [2.05, 4.69) is 18.6 Å². The number of anilines is 1. The minimum absolute atomic E-state index is 0.149. The van der Waals surface area contributed by atoms with Crippen LogP contribution in [0, 0.1) is 29.1 Å². The van der Waals surface area contributed by atoms with E-state index < -0.39 is 51.2 Å². The largest absolute Gasteiger partial charge is 0.266 e. The Morgan fingerprint density at radius 3 is 2.30 bits per heavy atom. The molecule has 4 aromatic rings. The first-order valence-electron chi connectivity index (χ1n) is 7.97. The zero-order valence-corrected chi connectivity index (χ0v) is 16.0. The molecule has 0 spiro atoms. The molecule has 0 aliphatic heterocycles. The first kappa shape index (κ1) is 20.2. The van der Waals surface area contributed by atoms with E-state index in [1.807, 2.05) is 0 Å². The summed E-state index contributed by atoms with van der Waals surface area (Å²) < 4.78 is 104. The van der Waals surface area contributed by atoms with Crippen LogP contribution in [0.25, 0.3) is 11.0 Å². The summed E-state index contributed by atoms with van der Waals surface area (Å²) in [4.78, 5) is -0.164. The number of nitrogens with zero attached hydrogens (tertiary/aromatic N) is 4. The number of hydrogen-bond acceptors (Lipinski definition) is 6. The van der Waals surface area contributed by atoms with E-state index in [-0.39, 0.29) is 16.2 Å². The molecule has 30 heavy (non-hydrogen) atoms. The predicted molar refractivity (Wildman–Crippen MR) is 95.8 cm³/mol. The Kier molecular flexibility index (Phi) is 4.89. The van der Waals surface area contributed by atoms with Crippen molar-refractivity contribution in [3.05, 3.63) is 65.1 Å². The first-order chi connectivity index (χ1) is 14.2. The van der Waals surface area contributed by atoms with Crippen LogP contribution in [0.2, 0.25) is 0 Å². The lowest BCUT2D eigenvalue weighted by molar-refractivity contribution is 0.367. The summed E-state index contributed by atoms with van der Waals surface area (Å²) in [5.74, 6) is -10.7. The fourth-order valence-corrected chi connectivity index (χ4v) is 4.41. The standard InChI is InChI=1S/C16H8F5N5O2S2/c17-11-7(12(18)14(20)15(21)13(11)19)6-26-5-4-10(22-26)25-30(27,28)9-3-1-2-8-16(9)24-29-23-8/h1-5H,6H2,(H,22,25). The number of hydrogen-bond donors (Lipinski definition) is 1. The minimum atomic E-state index is -4.14. The molecule has 0 aliphatic rings. The minimum Gasteiger partial charge on any atom is -0.266 e. The molecule has 14 heteroatoms. The Morgan fingerprint density at radius 1 is 0.933 bits per heavy atom. The SMILES string of the molecule is O=S(=O)(Nc1ccn(Cc2c(F)c(F)c(F)c(F)c2F)n1)c1cccc2nsnc12. The molecule has 4 rings (SSSR count). The van der Waals surface area contributed by atoms with Crippen LogP contribution in [0.1, 0.15) is 5.56 Å². The topological polar surface area (TPSA) is 89.8 Å². The molecule has 0 bridgehead atoms. The van der Waals surface area contributed by atoms with Crippen LogP contribution >= 0.6 is 11.7 Å². The lowest BCUT2D eigenvalue weighted by Crippen LogP contribution is -2.15. The summed E-state index contributed by atoms with van der Waals surface area (Å²) in [5.41, 5.74) is -0.585. The van der Waals surface area contributed by atoms with E-state index in [0.29, 0.717) is 5.52 Å². The Morgan fingerprint density at radius 2 is 1.60 bits per heavy atom. The number of benzene rings is 2. The second-order valence-corrected chi connectivity index (χ2v) is 8.12. The maximum Gasteiger partial charge on any atom is 0.265 e. The number of rotatable bonds is 5. The van der Waals surface area contributed by atoms with Crippen molar-refractivity contribution >= 4 is 38.6 Å². The lowest BCUT2D eigenvalue weighted by Gasteiger charge is -2.08. The second-order valence-electron chi connectivity index (χ2n) is 5.94. The normalized spacial score (nSPS) is 11.9. The zero-order valence-electron chi connectivity index (χ0n) is 14.4. The molecular weight excluding hydrogens is 453 g/mol. The third-order valence-electron chi connectivity index (χ3n) is 4.04. The van der Waals surface area contributed by atoms with Gasteiger partial charge in [-0.25, -0.2) is 30.4 Å². The summed E-state index contributed by atoms with van der Waals surface area (Å²) in [6, 6.07) is 5.51. The van der Waals surface area contributed by atoms with Crippen molar-refractivity contribution < 1.29 is 30.4 Å². The molecule has 156 valence electrons. The van der Waals surface area contributed by atoms with Gasteiger partial charge in [-0.15, -0.1) is 0 Å². The Balaban J connectivity index is 1.62. The highest BCUT2D eigenvalue weighted by atomic mass is 32.2. The van der Waals surface area contributed by atoms with Gasteiger partial charge in [-0.2, -0.15) is 13.8 Å². The maximum absolute atomic E-state index is 13.8. The average molecular weight is 461 g/mol. The summed E-state index contributed by atoms with van der Waals surface area (Å²) >= 11 is 0.830. The fraction of sp³-hybridized carbons (Fsp3) is 0.0625.